The number of nitrogens with zero attached hydrogens (tertiary/aromatic N) is 1. The smallest absolute Gasteiger partial charge is 0.222 e. The molecule has 4 nitrogen and oxygen atoms in total. The van der Waals surface area contributed by atoms with Gasteiger partial charge in [-0.1, -0.05) is 0 Å². The molecule has 2 atom stereocenters. The Morgan fingerprint density at radius 1 is 1.50 bits per heavy atom. The average Bonchev–Trinajstić information content (AvgIpc) is 2.22. The summed E-state index contributed by atoms with van der Waals surface area (Å²) < 4.78 is 5.07. The highest BCUT2D eigenvalue weighted by molar-refractivity contribution is 5.76. The third kappa shape index (κ3) is 4.58. The van der Waals surface area contributed by atoms with E-state index in [0.29, 0.717) is 13.0 Å². The molecule has 0 aromatic rings. The molecule has 1 amide bonds. The molecule has 0 saturated carbocycles. The second-order valence-corrected chi connectivity index (χ2v) is 3.67. The zero-order valence-electron chi connectivity index (χ0n) is 9.62. The van der Waals surface area contributed by atoms with Gasteiger partial charge in [0.2, 0.25) is 5.91 Å². The van der Waals surface area contributed by atoms with Crippen molar-refractivity contribution in [3.05, 3.63) is 0 Å². The van der Waals surface area contributed by atoms with Gasteiger partial charge >= 0.3 is 0 Å². The Hall–Kier alpha value is -0.610. The van der Waals surface area contributed by atoms with Crippen molar-refractivity contribution in [2.45, 2.75) is 38.8 Å². The van der Waals surface area contributed by atoms with E-state index in [0.717, 1.165) is 6.42 Å². The molecule has 14 heavy (non-hydrogen) atoms. The Labute approximate surface area is 86.4 Å². The molecule has 0 spiro atoms. The van der Waals surface area contributed by atoms with E-state index in [4.69, 9.17) is 10.5 Å². The Kier molecular flexibility index (Phi) is 6.49. The van der Waals surface area contributed by atoms with Gasteiger partial charge < -0.3 is 15.4 Å². The summed E-state index contributed by atoms with van der Waals surface area (Å²) in [5.74, 6) is 0.131. The van der Waals surface area contributed by atoms with Crippen LogP contribution in [0.15, 0.2) is 0 Å². The van der Waals surface area contributed by atoms with Crippen LogP contribution in [0.3, 0.4) is 0 Å². The molecule has 0 aliphatic carbocycles. The number of hydrogen-bond donors (Lipinski definition) is 1. The maximum atomic E-state index is 11.6. The second kappa shape index (κ2) is 6.79. The zero-order chi connectivity index (χ0) is 11.1. The number of nitrogens with two attached hydrogens (primary N) is 1. The van der Waals surface area contributed by atoms with E-state index >= 15 is 0 Å². The van der Waals surface area contributed by atoms with Crippen LogP contribution in [0.5, 0.6) is 0 Å². The number of amides is 1. The first-order valence-corrected chi connectivity index (χ1v) is 5.01. The fourth-order valence-electron chi connectivity index (χ4n) is 1.02. The molecule has 0 bridgehead atoms. The predicted octanol–water partition coefficient (Wildman–Crippen LogP) is 0.607. The van der Waals surface area contributed by atoms with Crippen molar-refractivity contribution in [3.8, 4) is 0 Å². The lowest BCUT2D eigenvalue weighted by Crippen LogP contribution is -2.39. The fraction of sp³-hybridized carbons (Fsp3) is 0.900. The lowest BCUT2D eigenvalue weighted by atomic mass is 10.2. The van der Waals surface area contributed by atoms with E-state index in [1.807, 2.05) is 13.8 Å². The molecule has 0 fully saturated rings. The number of rotatable bonds is 6. The summed E-state index contributed by atoms with van der Waals surface area (Å²) in [5, 5.41) is 0. The van der Waals surface area contributed by atoms with Gasteiger partial charge in [-0.2, -0.15) is 0 Å². The van der Waals surface area contributed by atoms with Gasteiger partial charge in [0.15, 0.2) is 0 Å². The average molecular weight is 202 g/mol. The largest absolute Gasteiger partial charge is 0.382 e. The number of ether oxygens (including phenoxy) is 1. The summed E-state index contributed by atoms with van der Waals surface area (Å²) in [4.78, 5) is 13.3. The first-order valence-electron chi connectivity index (χ1n) is 5.01. The lowest BCUT2D eigenvalue weighted by Gasteiger charge is -2.24. The Morgan fingerprint density at radius 2 is 2.07 bits per heavy atom. The number of carbonyl (C=O) groups is 1. The molecule has 0 aromatic heterocycles. The molecule has 0 aliphatic rings. The maximum absolute atomic E-state index is 11.6. The van der Waals surface area contributed by atoms with Crippen LogP contribution in [0, 0.1) is 0 Å². The van der Waals surface area contributed by atoms with Crippen LogP contribution in [-0.4, -0.2) is 43.7 Å². The van der Waals surface area contributed by atoms with Crippen LogP contribution >= 0.6 is 0 Å². The molecule has 2 N–H and O–H groups in total. The van der Waals surface area contributed by atoms with Crippen LogP contribution in [0.2, 0.25) is 0 Å². The molecule has 0 aliphatic heterocycles. The summed E-state index contributed by atoms with van der Waals surface area (Å²) >= 11 is 0. The Balaban J connectivity index is 3.84. The van der Waals surface area contributed by atoms with Gasteiger partial charge in [0.1, 0.15) is 0 Å². The zero-order valence-corrected chi connectivity index (χ0v) is 9.62. The number of carbonyl (C=O) groups excluding carboxylic acids is 1. The number of hydrogen-bond acceptors (Lipinski definition) is 3. The molecule has 0 saturated heterocycles. The third-order valence-electron chi connectivity index (χ3n) is 2.56. The van der Waals surface area contributed by atoms with Crippen LogP contribution in [0.4, 0.5) is 0 Å². The van der Waals surface area contributed by atoms with E-state index in [-0.39, 0.29) is 18.1 Å². The monoisotopic (exact) mass is 202 g/mol. The van der Waals surface area contributed by atoms with Gasteiger partial charge in [-0.3, -0.25) is 4.79 Å². The molecule has 0 heterocycles. The van der Waals surface area contributed by atoms with Gasteiger partial charge in [0.25, 0.3) is 0 Å². The maximum Gasteiger partial charge on any atom is 0.222 e. The minimum atomic E-state index is 0.111. The summed E-state index contributed by atoms with van der Waals surface area (Å²) in [5.41, 5.74) is 5.47. The van der Waals surface area contributed by atoms with Gasteiger partial charge in [0.05, 0.1) is 6.10 Å². The van der Waals surface area contributed by atoms with E-state index < -0.39 is 0 Å². The van der Waals surface area contributed by atoms with Gasteiger partial charge in [-0.05, 0) is 20.3 Å². The third-order valence-corrected chi connectivity index (χ3v) is 2.56. The van der Waals surface area contributed by atoms with Crippen molar-refractivity contribution in [3.63, 3.8) is 0 Å². The minimum Gasteiger partial charge on any atom is -0.382 e. The number of methoxy groups -OCH3 is 1. The summed E-state index contributed by atoms with van der Waals surface area (Å²) in [6.45, 7) is 4.40. The topological polar surface area (TPSA) is 55.6 Å². The fourth-order valence-corrected chi connectivity index (χ4v) is 1.02. The van der Waals surface area contributed by atoms with Crippen molar-refractivity contribution < 1.29 is 9.53 Å². The highest BCUT2D eigenvalue weighted by atomic mass is 16.5. The van der Waals surface area contributed by atoms with Gasteiger partial charge in [-0.25, -0.2) is 0 Å². The standard InChI is InChI=1S/C10H22N2O2/c1-8(7-11)12(3)10(13)6-5-9(2)14-4/h8-9H,5-7,11H2,1-4H3. The first kappa shape index (κ1) is 13.4. The first-order chi connectivity index (χ1) is 6.52. The van der Waals surface area contributed by atoms with Crippen molar-refractivity contribution in [1.29, 1.82) is 0 Å². The molecule has 2 unspecified atom stereocenters. The van der Waals surface area contributed by atoms with Gasteiger partial charge in [-0.15, -0.1) is 0 Å². The van der Waals surface area contributed by atoms with Crippen LogP contribution in [-0.2, 0) is 9.53 Å². The predicted molar refractivity (Wildman–Crippen MR) is 57.0 cm³/mol. The molecular weight excluding hydrogens is 180 g/mol. The van der Waals surface area contributed by atoms with Crippen molar-refractivity contribution in [1.82, 2.24) is 4.90 Å². The second-order valence-electron chi connectivity index (χ2n) is 3.67. The summed E-state index contributed by atoms with van der Waals surface area (Å²) in [6.07, 6.45) is 1.42. The van der Waals surface area contributed by atoms with E-state index in [9.17, 15) is 4.79 Å². The molecule has 0 aromatic carbocycles. The highest BCUT2D eigenvalue weighted by Crippen LogP contribution is 2.04. The van der Waals surface area contributed by atoms with Crippen LogP contribution in [0.1, 0.15) is 26.7 Å². The Bertz CT molecular complexity index is 174. The van der Waals surface area contributed by atoms with Crippen molar-refractivity contribution >= 4 is 5.91 Å². The highest BCUT2D eigenvalue weighted by Gasteiger charge is 2.14. The SMILES string of the molecule is COC(C)CCC(=O)N(C)C(C)CN. The van der Waals surface area contributed by atoms with Crippen LogP contribution in [0.25, 0.3) is 0 Å². The minimum absolute atomic E-state index is 0.111. The summed E-state index contributed by atoms with van der Waals surface area (Å²) in [6, 6.07) is 0.111. The van der Waals surface area contributed by atoms with Crippen LogP contribution < -0.4 is 5.73 Å². The van der Waals surface area contributed by atoms with Crippen molar-refractivity contribution in [2.24, 2.45) is 5.73 Å². The van der Waals surface area contributed by atoms with E-state index in [1.54, 1.807) is 19.1 Å². The normalized spacial score (nSPS) is 14.9. The molecular formula is C10H22N2O2. The summed E-state index contributed by atoms with van der Waals surface area (Å²) in [7, 11) is 3.44. The van der Waals surface area contributed by atoms with E-state index in [2.05, 4.69) is 0 Å². The molecule has 0 radical (unpaired) electrons. The number of likely N-dealkylation sites (N-methyl/N-ethyl adjacent to an activating group) is 1. The molecule has 84 valence electrons. The lowest BCUT2D eigenvalue weighted by molar-refractivity contribution is -0.132. The molecule has 4 heteroatoms. The van der Waals surface area contributed by atoms with Gasteiger partial charge in [0, 0.05) is 33.2 Å². The quantitative estimate of drug-likeness (QED) is 0.686. The Morgan fingerprint density at radius 3 is 2.50 bits per heavy atom. The van der Waals surface area contributed by atoms with Crippen molar-refractivity contribution in [2.75, 3.05) is 20.7 Å². The molecule has 0 rings (SSSR count). The van der Waals surface area contributed by atoms with E-state index in [1.165, 1.54) is 0 Å².